The minimum Gasteiger partial charge on any atom is -0.456 e. The molecule has 122 valence electrons. The van der Waals surface area contributed by atoms with E-state index in [0.29, 0.717) is 0 Å². The highest BCUT2D eigenvalue weighted by molar-refractivity contribution is 6.09. The fourth-order valence-corrected chi connectivity index (χ4v) is 1.43. The van der Waals surface area contributed by atoms with Crippen molar-refractivity contribution in [3.05, 3.63) is 17.5 Å². The molecule has 1 aromatic heterocycles. The molecule has 0 fully saturated rings. The molecule has 0 aliphatic heterocycles. The van der Waals surface area contributed by atoms with E-state index in [1.54, 1.807) is 41.5 Å². The van der Waals surface area contributed by atoms with Gasteiger partial charge in [0.2, 0.25) is 0 Å². The van der Waals surface area contributed by atoms with Crippen LogP contribution in [0.5, 0.6) is 0 Å². The Kier molecular flexibility index (Phi) is 4.95. The Balaban J connectivity index is 2.82. The summed E-state index contributed by atoms with van der Waals surface area (Å²) in [7, 11) is 0. The first kappa shape index (κ1) is 17.7. The Bertz CT molecular complexity index is 578. The predicted octanol–water partition coefficient (Wildman–Crippen LogP) is 2.22. The van der Waals surface area contributed by atoms with E-state index in [1.807, 2.05) is 0 Å². The molecule has 1 aromatic rings. The standard InChI is InChI=1S/C14H22N4O4/c1-13(2,3)21-11(19)8-7-16-18-9(8)10(15)17-12(20)22-14(4,5)6/h7H,1-6H3,(H,16,18)(H2,15,17,20). The van der Waals surface area contributed by atoms with Crippen LogP contribution in [-0.4, -0.2) is 39.3 Å². The van der Waals surface area contributed by atoms with Gasteiger partial charge in [0.15, 0.2) is 5.84 Å². The van der Waals surface area contributed by atoms with Crippen LogP contribution < -0.4 is 5.32 Å². The average molecular weight is 310 g/mol. The molecule has 0 saturated carbocycles. The van der Waals surface area contributed by atoms with E-state index >= 15 is 0 Å². The number of amidine groups is 1. The van der Waals surface area contributed by atoms with E-state index in [2.05, 4.69) is 15.5 Å². The molecule has 0 aromatic carbocycles. The lowest BCUT2D eigenvalue weighted by molar-refractivity contribution is 0.00688. The molecule has 0 aliphatic rings. The van der Waals surface area contributed by atoms with Crippen molar-refractivity contribution >= 4 is 17.9 Å². The fraction of sp³-hybridized carbons (Fsp3) is 0.571. The second-order valence-electron chi connectivity index (χ2n) is 6.66. The number of alkyl carbamates (subject to hydrolysis) is 1. The lowest BCUT2D eigenvalue weighted by Crippen LogP contribution is -2.37. The number of aromatic amines is 1. The monoisotopic (exact) mass is 310 g/mol. The van der Waals surface area contributed by atoms with Crippen molar-refractivity contribution in [3.63, 3.8) is 0 Å². The van der Waals surface area contributed by atoms with Crippen LogP contribution in [0.3, 0.4) is 0 Å². The van der Waals surface area contributed by atoms with Gasteiger partial charge >= 0.3 is 12.1 Å². The number of amides is 1. The van der Waals surface area contributed by atoms with Crippen molar-refractivity contribution in [2.24, 2.45) is 0 Å². The van der Waals surface area contributed by atoms with Crippen molar-refractivity contribution in [3.8, 4) is 0 Å². The minimum atomic E-state index is -0.790. The average Bonchev–Trinajstić information content (AvgIpc) is 2.71. The molecular formula is C14H22N4O4. The summed E-state index contributed by atoms with van der Waals surface area (Å²) in [6, 6.07) is 0. The normalized spacial score (nSPS) is 11.7. The quantitative estimate of drug-likeness (QED) is 0.440. The minimum absolute atomic E-state index is 0.0557. The number of hydrogen-bond acceptors (Lipinski definition) is 6. The summed E-state index contributed by atoms with van der Waals surface area (Å²) >= 11 is 0. The van der Waals surface area contributed by atoms with Crippen molar-refractivity contribution < 1.29 is 19.1 Å². The maximum Gasteiger partial charge on any atom is 0.413 e. The molecule has 0 bridgehead atoms. The second-order valence-corrected chi connectivity index (χ2v) is 6.66. The zero-order valence-corrected chi connectivity index (χ0v) is 13.7. The van der Waals surface area contributed by atoms with Gasteiger partial charge in [-0.15, -0.1) is 0 Å². The molecular weight excluding hydrogens is 288 g/mol. The van der Waals surface area contributed by atoms with Crippen LogP contribution in [0.25, 0.3) is 0 Å². The number of rotatable bonds is 2. The van der Waals surface area contributed by atoms with Gasteiger partial charge in [-0.05, 0) is 41.5 Å². The first-order valence-corrected chi connectivity index (χ1v) is 6.75. The largest absolute Gasteiger partial charge is 0.456 e. The van der Waals surface area contributed by atoms with Crippen LogP contribution in [0, 0.1) is 5.41 Å². The summed E-state index contributed by atoms with van der Waals surface area (Å²) in [5, 5.41) is 16.3. The number of esters is 1. The SMILES string of the molecule is CC(C)(C)OC(=O)NC(=N)c1[nH]ncc1C(=O)OC(C)(C)C. The van der Waals surface area contributed by atoms with E-state index in [4.69, 9.17) is 14.9 Å². The van der Waals surface area contributed by atoms with Crippen molar-refractivity contribution in [1.82, 2.24) is 15.5 Å². The van der Waals surface area contributed by atoms with E-state index in [9.17, 15) is 9.59 Å². The summed E-state index contributed by atoms with van der Waals surface area (Å²) < 4.78 is 10.3. The fourth-order valence-electron chi connectivity index (χ4n) is 1.43. The molecule has 1 heterocycles. The van der Waals surface area contributed by atoms with Gasteiger partial charge in [0.25, 0.3) is 0 Å². The summed E-state index contributed by atoms with van der Waals surface area (Å²) in [6.45, 7) is 10.3. The van der Waals surface area contributed by atoms with Crippen LogP contribution in [0.2, 0.25) is 0 Å². The zero-order chi connectivity index (χ0) is 17.1. The number of nitrogens with one attached hydrogen (secondary N) is 3. The Morgan fingerprint density at radius 2 is 1.68 bits per heavy atom. The molecule has 0 spiro atoms. The number of carbonyl (C=O) groups is 2. The molecule has 0 radical (unpaired) electrons. The molecule has 1 rings (SSSR count). The van der Waals surface area contributed by atoms with Crippen LogP contribution in [0.4, 0.5) is 4.79 Å². The van der Waals surface area contributed by atoms with Gasteiger partial charge in [0.1, 0.15) is 22.5 Å². The lowest BCUT2D eigenvalue weighted by Gasteiger charge is -2.20. The van der Waals surface area contributed by atoms with Gasteiger partial charge < -0.3 is 9.47 Å². The molecule has 22 heavy (non-hydrogen) atoms. The molecule has 0 atom stereocenters. The van der Waals surface area contributed by atoms with Crippen molar-refractivity contribution in [2.75, 3.05) is 0 Å². The Hall–Kier alpha value is -2.38. The number of nitrogens with zero attached hydrogens (tertiary/aromatic N) is 1. The second kappa shape index (κ2) is 6.17. The topological polar surface area (TPSA) is 117 Å². The van der Waals surface area contributed by atoms with E-state index in [-0.39, 0.29) is 17.1 Å². The smallest absolute Gasteiger partial charge is 0.413 e. The maximum absolute atomic E-state index is 12.0. The third-order valence-corrected chi connectivity index (χ3v) is 2.13. The summed E-state index contributed by atoms with van der Waals surface area (Å²) in [6.07, 6.45) is 0.455. The van der Waals surface area contributed by atoms with E-state index in [0.717, 1.165) is 0 Å². The molecule has 8 nitrogen and oxygen atoms in total. The summed E-state index contributed by atoms with van der Waals surface area (Å²) in [5.74, 6) is -0.959. The van der Waals surface area contributed by atoms with Gasteiger partial charge in [-0.1, -0.05) is 0 Å². The van der Waals surface area contributed by atoms with Crippen LogP contribution in [-0.2, 0) is 9.47 Å². The first-order chi connectivity index (χ1) is 9.89. The summed E-state index contributed by atoms with van der Waals surface area (Å²) in [4.78, 5) is 23.7. The third kappa shape index (κ3) is 5.55. The van der Waals surface area contributed by atoms with Gasteiger partial charge in [0.05, 0.1) is 6.20 Å². The number of aromatic nitrogens is 2. The van der Waals surface area contributed by atoms with Crippen LogP contribution in [0.1, 0.15) is 57.6 Å². The molecule has 3 N–H and O–H groups in total. The molecule has 0 saturated heterocycles. The Morgan fingerprint density at radius 1 is 1.14 bits per heavy atom. The Morgan fingerprint density at radius 3 is 2.18 bits per heavy atom. The third-order valence-electron chi connectivity index (χ3n) is 2.13. The van der Waals surface area contributed by atoms with Crippen molar-refractivity contribution in [1.29, 1.82) is 5.41 Å². The number of H-pyrrole nitrogens is 1. The highest BCUT2D eigenvalue weighted by Gasteiger charge is 2.25. The van der Waals surface area contributed by atoms with E-state index < -0.39 is 23.3 Å². The first-order valence-electron chi connectivity index (χ1n) is 6.75. The van der Waals surface area contributed by atoms with Gasteiger partial charge in [-0.25, -0.2) is 9.59 Å². The lowest BCUT2D eigenvalue weighted by atomic mass is 10.2. The highest BCUT2D eigenvalue weighted by atomic mass is 16.6. The molecule has 0 unspecified atom stereocenters. The van der Waals surface area contributed by atoms with Gasteiger partial charge in [-0.2, -0.15) is 5.10 Å². The molecule has 8 heteroatoms. The van der Waals surface area contributed by atoms with Crippen LogP contribution in [0.15, 0.2) is 6.20 Å². The zero-order valence-electron chi connectivity index (χ0n) is 13.7. The van der Waals surface area contributed by atoms with E-state index in [1.165, 1.54) is 6.20 Å². The number of hydrogen-bond donors (Lipinski definition) is 3. The number of carbonyl (C=O) groups excluding carboxylic acids is 2. The molecule has 0 aliphatic carbocycles. The Labute approximate surface area is 129 Å². The van der Waals surface area contributed by atoms with Gasteiger partial charge in [-0.3, -0.25) is 15.8 Å². The molecule has 1 amide bonds. The maximum atomic E-state index is 12.0. The highest BCUT2D eigenvalue weighted by Crippen LogP contribution is 2.14. The van der Waals surface area contributed by atoms with Gasteiger partial charge in [0, 0.05) is 0 Å². The van der Waals surface area contributed by atoms with Crippen LogP contribution >= 0.6 is 0 Å². The number of ether oxygens (including phenoxy) is 2. The summed E-state index contributed by atoms with van der Waals surface area (Å²) in [5.41, 5.74) is -1.24. The predicted molar refractivity (Wildman–Crippen MR) is 80.0 cm³/mol. The van der Waals surface area contributed by atoms with Crippen molar-refractivity contribution in [2.45, 2.75) is 52.7 Å².